The van der Waals surface area contributed by atoms with E-state index in [-0.39, 0.29) is 22.8 Å². The molecular formula is C26H45NO5Si2. The van der Waals surface area contributed by atoms with Gasteiger partial charge >= 0.3 is 6.09 Å². The Kier molecular flexibility index (Phi) is 8.66. The van der Waals surface area contributed by atoms with E-state index in [4.69, 9.17) is 13.9 Å². The highest BCUT2D eigenvalue weighted by molar-refractivity contribution is 6.79. The second-order valence-corrected chi connectivity index (χ2v) is 22.4. The molecule has 0 bridgehead atoms. The lowest BCUT2D eigenvalue weighted by Gasteiger charge is -2.49. The highest BCUT2D eigenvalue weighted by Crippen LogP contribution is 2.45. The fourth-order valence-corrected chi connectivity index (χ4v) is 7.46. The first-order chi connectivity index (χ1) is 15.4. The molecule has 0 spiro atoms. The van der Waals surface area contributed by atoms with Gasteiger partial charge in [-0.1, -0.05) is 85.0 Å². The Morgan fingerprint density at radius 1 is 1.03 bits per heavy atom. The minimum Gasteiger partial charge on any atom is -0.445 e. The van der Waals surface area contributed by atoms with Crippen molar-refractivity contribution in [1.29, 1.82) is 0 Å². The zero-order valence-corrected chi connectivity index (χ0v) is 25.0. The van der Waals surface area contributed by atoms with Crippen molar-refractivity contribution in [2.24, 2.45) is 0 Å². The average molecular weight is 508 g/mol. The van der Waals surface area contributed by atoms with Crippen LogP contribution in [-0.4, -0.2) is 57.9 Å². The Hall–Kier alpha value is -1.49. The number of cyclic esters (lactones) is 1. The monoisotopic (exact) mass is 507 g/mol. The smallest absolute Gasteiger partial charge is 0.402 e. The average Bonchev–Trinajstić information content (AvgIpc) is 3.00. The van der Waals surface area contributed by atoms with Crippen LogP contribution in [-0.2, 0) is 25.3 Å². The summed E-state index contributed by atoms with van der Waals surface area (Å²) in [5.41, 5.74) is 0.980. The van der Waals surface area contributed by atoms with Gasteiger partial charge in [-0.2, -0.15) is 0 Å². The summed E-state index contributed by atoms with van der Waals surface area (Å²) in [6, 6.07) is 9.38. The molecule has 0 radical (unpaired) electrons. The molecule has 0 aliphatic carbocycles. The number of carbonyl (C=O) groups excluding carboxylic acids is 2. The van der Waals surface area contributed by atoms with Crippen LogP contribution in [0.1, 0.15) is 54.0 Å². The normalized spacial score (nSPS) is 21.9. The fourth-order valence-electron chi connectivity index (χ4n) is 3.82. The zero-order valence-electron chi connectivity index (χ0n) is 23.0. The molecule has 1 fully saturated rings. The van der Waals surface area contributed by atoms with Gasteiger partial charge in [0.2, 0.25) is 0 Å². The van der Waals surface area contributed by atoms with E-state index >= 15 is 0 Å². The molecule has 2 rings (SSSR count). The first-order valence-electron chi connectivity index (χ1n) is 12.2. The van der Waals surface area contributed by atoms with E-state index in [2.05, 4.69) is 67.7 Å². The number of amides is 1. The van der Waals surface area contributed by atoms with E-state index in [9.17, 15) is 9.59 Å². The lowest BCUT2D eigenvalue weighted by molar-refractivity contribution is -0.129. The van der Waals surface area contributed by atoms with Gasteiger partial charge in [0.1, 0.15) is 18.3 Å². The molecular weight excluding hydrogens is 462 g/mol. The van der Waals surface area contributed by atoms with Crippen molar-refractivity contribution in [3.05, 3.63) is 35.9 Å². The van der Waals surface area contributed by atoms with Crippen LogP contribution in [0.3, 0.4) is 0 Å². The Bertz CT molecular complexity index is 845. The van der Waals surface area contributed by atoms with Gasteiger partial charge in [-0.25, -0.2) is 4.79 Å². The SMILES string of the molecule is C[C@H]1OC(=O)N([Si](C)(C)C(C)(C)C)[C@@H]1[C@H](O[Si](C)(C)C(C)(C)C)[C@H](C=O)OCc1ccccc1. The molecule has 8 heteroatoms. The number of benzene rings is 1. The maximum Gasteiger partial charge on any atom is 0.402 e. The molecule has 1 amide bonds. The molecule has 1 saturated heterocycles. The molecule has 0 saturated carbocycles. The van der Waals surface area contributed by atoms with Crippen molar-refractivity contribution in [3.63, 3.8) is 0 Å². The largest absolute Gasteiger partial charge is 0.445 e. The Morgan fingerprint density at radius 3 is 2.06 bits per heavy atom. The van der Waals surface area contributed by atoms with Crippen LogP contribution in [0.25, 0.3) is 0 Å². The molecule has 1 aromatic carbocycles. The summed E-state index contributed by atoms with van der Waals surface area (Å²) in [4.78, 5) is 25.7. The maximum absolute atomic E-state index is 13.2. The number of nitrogens with zero attached hydrogens (tertiary/aromatic N) is 1. The van der Waals surface area contributed by atoms with Crippen LogP contribution in [0.2, 0.25) is 36.3 Å². The van der Waals surface area contributed by atoms with Crippen molar-refractivity contribution in [1.82, 2.24) is 4.57 Å². The minimum atomic E-state index is -2.35. The minimum absolute atomic E-state index is 0.0768. The summed E-state index contributed by atoms with van der Waals surface area (Å²) >= 11 is 0. The first kappa shape index (κ1) is 28.7. The van der Waals surface area contributed by atoms with Crippen molar-refractivity contribution in [2.45, 2.75) is 116 Å². The quantitative estimate of drug-likeness (QED) is 0.287. The highest BCUT2D eigenvalue weighted by Gasteiger charge is 2.57. The van der Waals surface area contributed by atoms with E-state index in [0.29, 0.717) is 0 Å². The Labute approximate surface area is 208 Å². The van der Waals surface area contributed by atoms with Crippen LogP contribution in [0.15, 0.2) is 30.3 Å². The summed E-state index contributed by atoms with van der Waals surface area (Å²) < 4.78 is 20.8. The van der Waals surface area contributed by atoms with Gasteiger partial charge in [-0.15, -0.1) is 0 Å². The van der Waals surface area contributed by atoms with Gasteiger partial charge in [0.05, 0.1) is 12.6 Å². The summed E-state index contributed by atoms with van der Waals surface area (Å²) in [5.74, 6) is 0. The third-order valence-corrected chi connectivity index (χ3v) is 17.8. The van der Waals surface area contributed by atoms with Gasteiger partial charge in [0.15, 0.2) is 22.8 Å². The standard InChI is InChI=1S/C26H45NO5Si2/c1-19-22(27(24(29)31-19)33(8,9)25(2,3)4)23(32-34(10,11)26(5,6)7)21(17-28)30-18-20-15-13-12-14-16-20/h12-17,19,21-23H,18H2,1-11H3/t19-,21+,22+,23-/m1/s1. The van der Waals surface area contributed by atoms with Crippen LogP contribution in [0.5, 0.6) is 0 Å². The van der Waals surface area contributed by atoms with E-state index in [0.717, 1.165) is 11.8 Å². The van der Waals surface area contributed by atoms with Crippen LogP contribution >= 0.6 is 0 Å². The Morgan fingerprint density at radius 2 is 1.59 bits per heavy atom. The van der Waals surface area contributed by atoms with Crippen LogP contribution < -0.4 is 0 Å². The van der Waals surface area contributed by atoms with Crippen molar-refractivity contribution in [2.75, 3.05) is 0 Å². The molecule has 1 aromatic rings. The number of hydrogen-bond acceptors (Lipinski definition) is 5. The summed E-state index contributed by atoms with van der Waals surface area (Å²) in [6.45, 7) is 23.9. The number of hydrogen-bond donors (Lipinski definition) is 0. The molecule has 1 aliphatic heterocycles. The topological polar surface area (TPSA) is 65.1 Å². The predicted octanol–water partition coefficient (Wildman–Crippen LogP) is 6.38. The molecule has 6 nitrogen and oxygen atoms in total. The number of aldehydes is 1. The zero-order chi connectivity index (χ0) is 26.1. The summed E-state index contributed by atoms with van der Waals surface area (Å²) in [5, 5.41) is -0.177. The van der Waals surface area contributed by atoms with E-state index in [1.165, 1.54) is 0 Å². The third kappa shape index (κ3) is 6.01. The van der Waals surface area contributed by atoms with Gasteiger partial charge in [0, 0.05) is 0 Å². The molecule has 192 valence electrons. The first-order valence-corrected chi connectivity index (χ1v) is 18.1. The Balaban J connectivity index is 2.53. The molecule has 0 N–H and O–H groups in total. The van der Waals surface area contributed by atoms with Crippen molar-refractivity contribution < 1.29 is 23.5 Å². The van der Waals surface area contributed by atoms with Crippen LogP contribution in [0, 0.1) is 0 Å². The van der Waals surface area contributed by atoms with Gasteiger partial charge in [-0.3, -0.25) is 0 Å². The second kappa shape index (κ2) is 10.2. The summed E-state index contributed by atoms with van der Waals surface area (Å²) in [7, 11) is -4.67. The van der Waals surface area contributed by atoms with E-state index in [1.54, 1.807) is 0 Å². The summed E-state index contributed by atoms with van der Waals surface area (Å²) in [6.07, 6.45) is -1.36. The van der Waals surface area contributed by atoms with Crippen molar-refractivity contribution in [3.8, 4) is 0 Å². The van der Waals surface area contributed by atoms with Gasteiger partial charge in [0.25, 0.3) is 0 Å². The van der Waals surface area contributed by atoms with E-state index < -0.39 is 40.9 Å². The third-order valence-electron chi connectivity index (χ3n) is 8.02. The number of carbonyl (C=O) groups is 2. The van der Waals surface area contributed by atoms with Gasteiger partial charge < -0.3 is 23.3 Å². The molecule has 0 unspecified atom stereocenters. The van der Waals surface area contributed by atoms with Gasteiger partial charge in [-0.05, 0) is 35.7 Å². The lowest BCUT2D eigenvalue weighted by atomic mass is 10.0. The lowest BCUT2D eigenvalue weighted by Crippen LogP contribution is -2.65. The predicted molar refractivity (Wildman–Crippen MR) is 142 cm³/mol. The maximum atomic E-state index is 13.2. The highest BCUT2D eigenvalue weighted by atomic mass is 28.4. The second-order valence-electron chi connectivity index (χ2n) is 12.5. The fraction of sp³-hybridized carbons (Fsp3) is 0.692. The van der Waals surface area contributed by atoms with Crippen molar-refractivity contribution >= 4 is 28.9 Å². The molecule has 1 heterocycles. The van der Waals surface area contributed by atoms with Crippen LogP contribution in [0.4, 0.5) is 4.79 Å². The van der Waals surface area contributed by atoms with E-state index in [1.807, 2.05) is 41.8 Å². The number of rotatable bonds is 9. The molecule has 0 aromatic heterocycles. The molecule has 1 aliphatic rings. The molecule has 34 heavy (non-hydrogen) atoms. The molecule has 4 atom stereocenters. The number of ether oxygens (including phenoxy) is 2.